The molecule has 0 saturated carbocycles. The van der Waals surface area contributed by atoms with Gasteiger partial charge in [0.15, 0.2) is 0 Å². The maximum Gasteiger partial charge on any atom is 0.331 e. The van der Waals surface area contributed by atoms with Crippen molar-refractivity contribution in [1.29, 1.82) is 0 Å². The number of aryl methyl sites for hydroxylation is 2. The number of carbonyl (C=O) groups is 1. The van der Waals surface area contributed by atoms with Crippen LogP contribution in [0.5, 0.6) is 5.75 Å². The highest BCUT2D eigenvalue weighted by Crippen LogP contribution is 2.25. The predicted molar refractivity (Wildman–Crippen MR) is 66.7 cm³/mol. The number of benzene rings is 1. The Balaban J connectivity index is 3.01. The zero-order valence-corrected chi connectivity index (χ0v) is 10.7. The lowest BCUT2D eigenvalue weighted by Crippen LogP contribution is -2.40. The van der Waals surface area contributed by atoms with Crippen LogP contribution in [-0.2, 0) is 6.54 Å². The molecule has 0 fully saturated rings. The maximum atomic E-state index is 11.3. The number of nitrogens with one attached hydrogen (secondary N) is 1. The summed E-state index contributed by atoms with van der Waals surface area (Å²) in [6.45, 7) is 4.45. The van der Waals surface area contributed by atoms with Gasteiger partial charge < -0.3 is 9.64 Å². The second-order valence-electron chi connectivity index (χ2n) is 4.08. The zero-order chi connectivity index (χ0) is 13.0. The van der Waals surface area contributed by atoms with Crippen LogP contribution in [0.3, 0.4) is 0 Å². The van der Waals surface area contributed by atoms with Crippen LogP contribution in [0.15, 0.2) is 12.1 Å². The van der Waals surface area contributed by atoms with Crippen molar-refractivity contribution in [3.8, 4) is 5.75 Å². The van der Waals surface area contributed by atoms with E-state index >= 15 is 0 Å². The molecule has 94 valence electrons. The van der Waals surface area contributed by atoms with E-state index < -0.39 is 0 Å². The topological polar surface area (TPSA) is 67.6 Å². The standard InChI is InChI=1S/C12H19N3O2/c1-8-5-9(2)11(17-4)10(6-8)7-15(3)12(16)14-13/h5-6H,7,13H2,1-4H3,(H,14,16). The molecule has 0 radical (unpaired) electrons. The van der Waals surface area contributed by atoms with Gasteiger partial charge in [-0.05, 0) is 19.4 Å². The summed E-state index contributed by atoms with van der Waals surface area (Å²) in [6.07, 6.45) is 0. The number of methoxy groups -OCH3 is 1. The molecular formula is C12H19N3O2. The molecule has 1 rings (SSSR count). The molecule has 0 spiro atoms. The monoisotopic (exact) mass is 237 g/mol. The first kappa shape index (κ1) is 13.3. The lowest BCUT2D eigenvalue weighted by atomic mass is 10.1. The molecule has 17 heavy (non-hydrogen) atoms. The highest BCUT2D eigenvalue weighted by molar-refractivity contribution is 5.73. The highest BCUT2D eigenvalue weighted by atomic mass is 16.5. The second kappa shape index (κ2) is 5.54. The molecular weight excluding hydrogens is 218 g/mol. The summed E-state index contributed by atoms with van der Waals surface area (Å²) in [7, 11) is 3.31. The fraction of sp³-hybridized carbons (Fsp3) is 0.417. The van der Waals surface area contributed by atoms with Crippen molar-refractivity contribution in [3.63, 3.8) is 0 Å². The molecule has 0 unspecified atom stereocenters. The summed E-state index contributed by atoms with van der Waals surface area (Å²) >= 11 is 0. The lowest BCUT2D eigenvalue weighted by molar-refractivity contribution is 0.206. The predicted octanol–water partition coefficient (Wildman–Crippen LogP) is 1.33. The molecule has 3 N–H and O–H groups in total. The number of rotatable bonds is 3. The minimum Gasteiger partial charge on any atom is -0.496 e. The summed E-state index contributed by atoms with van der Waals surface area (Å²) in [4.78, 5) is 12.8. The summed E-state index contributed by atoms with van der Waals surface area (Å²) in [5.41, 5.74) is 5.26. The van der Waals surface area contributed by atoms with E-state index in [4.69, 9.17) is 10.6 Å². The van der Waals surface area contributed by atoms with Gasteiger partial charge in [0.05, 0.1) is 13.7 Å². The Morgan fingerprint density at radius 2 is 2.12 bits per heavy atom. The van der Waals surface area contributed by atoms with E-state index in [2.05, 4.69) is 5.43 Å². The second-order valence-corrected chi connectivity index (χ2v) is 4.08. The van der Waals surface area contributed by atoms with Gasteiger partial charge in [-0.1, -0.05) is 17.7 Å². The molecule has 0 bridgehead atoms. The van der Waals surface area contributed by atoms with Gasteiger partial charge >= 0.3 is 6.03 Å². The third-order valence-corrected chi connectivity index (χ3v) is 2.58. The van der Waals surface area contributed by atoms with Gasteiger partial charge in [0.25, 0.3) is 0 Å². The molecule has 0 aliphatic rings. The molecule has 0 atom stereocenters. The molecule has 5 heteroatoms. The Kier molecular flexibility index (Phi) is 4.34. The van der Waals surface area contributed by atoms with Crippen LogP contribution in [0, 0.1) is 13.8 Å². The molecule has 5 nitrogen and oxygen atoms in total. The maximum absolute atomic E-state index is 11.3. The van der Waals surface area contributed by atoms with Crippen LogP contribution >= 0.6 is 0 Å². The number of amides is 2. The fourth-order valence-electron chi connectivity index (χ4n) is 1.89. The molecule has 0 heterocycles. The van der Waals surface area contributed by atoms with Gasteiger partial charge in [-0.15, -0.1) is 0 Å². The van der Waals surface area contributed by atoms with Gasteiger partial charge in [0.2, 0.25) is 0 Å². The molecule has 0 aliphatic heterocycles. The van der Waals surface area contributed by atoms with Crippen molar-refractivity contribution in [1.82, 2.24) is 10.3 Å². The Morgan fingerprint density at radius 3 is 2.65 bits per heavy atom. The van der Waals surface area contributed by atoms with E-state index in [-0.39, 0.29) is 6.03 Å². The van der Waals surface area contributed by atoms with Crippen molar-refractivity contribution >= 4 is 6.03 Å². The summed E-state index contributed by atoms with van der Waals surface area (Å²) in [5, 5.41) is 0. The van der Waals surface area contributed by atoms with E-state index in [0.29, 0.717) is 6.54 Å². The van der Waals surface area contributed by atoms with Gasteiger partial charge in [-0.25, -0.2) is 10.6 Å². The number of urea groups is 1. The first-order chi connectivity index (χ1) is 7.99. The Hall–Kier alpha value is -1.75. The zero-order valence-electron chi connectivity index (χ0n) is 10.7. The fourth-order valence-corrected chi connectivity index (χ4v) is 1.89. The molecule has 0 saturated heterocycles. The number of hydrogen-bond donors (Lipinski definition) is 2. The smallest absolute Gasteiger partial charge is 0.331 e. The highest BCUT2D eigenvalue weighted by Gasteiger charge is 2.12. The van der Waals surface area contributed by atoms with Crippen LogP contribution in [0.25, 0.3) is 0 Å². The van der Waals surface area contributed by atoms with Crippen LogP contribution in [0.4, 0.5) is 4.79 Å². The number of hydrazine groups is 1. The van der Waals surface area contributed by atoms with E-state index in [0.717, 1.165) is 22.4 Å². The van der Waals surface area contributed by atoms with Crippen LogP contribution in [-0.4, -0.2) is 25.1 Å². The van der Waals surface area contributed by atoms with Crippen LogP contribution in [0.1, 0.15) is 16.7 Å². The minimum atomic E-state index is -0.328. The number of hydrogen-bond acceptors (Lipinski definition) is 3. The minimum absolute atomic E-state index is 0.328. The Labute approximate surface area is 102 Å². The third kappa shape index (κ3) is 3.10. The Morgan fingerprint density at radius 1 is 1.47 bits per heavy atom. The first-order valence-electron chi connectivity index (χ1n) is 5.35. The van der Waals surface area contributed by atoms with Gasteiger partial charge in [0.1, 0.15) is 5.75 Å². The Bertz CT molecular complexity index is 418. The van der Waals surface area contributed by atoms with Crippen molar-refractivity contribution in [2.24, 2.45) is 5.84 Å². The molecule has 0 aliphatic carbocycles. The largest absolute Gasteiger partial charge is 0.496 e. The summed E-state index contributed by atoms with van der Waals surface area (Å²) in [5.74, 6) is 5.90. The third-order valence-electron chi connectivity index (χ3n) is 2.58. The van der Waals surface area contributed by atoms with Crippen molar-refractivity contribution in [3.05, 3.63) is 28.8 Å². The first-order valence-corrected chi connectivity index (χ1v) is 5.35. The van der Waals surface area contributed by atoms with Gasteiger partial charge in [-0.3, -0.25) is 5.43 Å². The molecule has 1 aromatic carbocycles. The van der Waals surface area contributed by atoms with E-state index in [1.807, 2.05) is 26.0 Å². The van der Waals surface area contributed by atoms with E-state index in [1.54, 1.807) is 14.2 Å². The number of nitrogens with two attached hydrogens (primary N) is 1. The lowest BCUT2D eigenvalue weighted by Gasteiger charge is -2.19. The van der Waals surface area contributed by atoms with Gasteiger partial charge in [0, 0.05) is 12.6 Å². The number of carbonyl (C=O) groups excluding carboxylic acids is 1. The van der Waals surface area contributed by atoms with Crippen LogP contribution < -0.4 is 16.0 Å². The van der Waals surface area contributed by atoms with E-state index in [9.17, 15) is 4.79 Å². The average Bonchev–Trinajstić information content (AvgIpc) is 2.27. The average molecular weight is 237 g/mol. The van der Waals surface area contributed by atoms with Crippen molar-refractivity contribution in [2.75, 3.05) is 14.2 Å². The number of ether oxygens (including phenoxy) is 1. The summed E-state index contributed by atoms with van der Waals surface area (Å²) < 4.78 is 5.36. The van der Waals surface area contributed by atoms with E-state index in [1.165, 1.54) is 4.90 Å². The normalized spacial score (nSPS) is 9.94. The van der Waals surface area contributed by atoms with Crippen molar-refractivity contribution < 1.29 is 9.53 Å². The number of nitrogens with zero attached hydrogens (tertiary/aromatic N) is 1. The molecule has 0 aromatic heterocycles. The summed E-state index contributed by atoms with van der Waals surface area (Å²) in [6, 6.07) is 3.73. The molecule has 2 amide bonds. The SMILES string of the molecule is COc1c(C)cc(C)cc1CN(C)C(=O)NN. The quantitative estimate of drug-likeness (QED) is 0.473. The van der Waals surface area contributed by atoms with Crippen LogP contribution in [0.2, 0.25) is 0 Å². The molecule has 1 aromatic rings. The van der Waals surface area contributed by atoms with Crippen molar-refractivity contribution in [2.45, 2.75) is 20.4 Å². The van der Waals surface area contributed by atoms with Gasteiger partial charge in [-0.2, -0.15) is 0 Å².